The van der Waals surface area contributed by atoms with Crippen LogP contribution < -0.4 is 0 Å². The normalized spacial score (nSPS) is 39.6. The van der Waals surface area contributed by atoms with Gasteiger partial charge in [0.2, 0.25) is 0 Å². The second kappa shape index (κ2) is 5.03. The summed E-state index contributed by atoms with van der Waals surface area (Å²) in [6.07, 6.45) is 4.81. The standard InChI is InChI=1S/C13H24O3/c1-10-2-6-13(15,7-3-10)12(14)11-4-8-16-9-5-11/h10-12,14-15H,2-9H2,1H3. The third kappa shape index (κ3) is 2.58. The maximum absolute atomic E-state index is 10.5. The van der Waals surface area contributed by atoms with Gasteiger partial charge in [-0.2, -0.15) is 0 Å². The lowest BCUT2D eigenvalue weighted by Gasteiger charge is -2.42. The van der Waals surface area contributed by atoms with E-state index in [4.69, 9.17) is 4.74 Å². The number of rotatable bonds is 2. The molecule has 0 spiro atoms. The minimum absolute atomic E-state index is 0.229. The SMILES string of the molecule is CC1CCC(O)(C(O)C2CCOCC2)CC1. The maximum Gasteiger partial charge on any atom is 0.0908 e. The lowest BCUT2D eigenvalue weighted by atomic mass is 9.72. The Morgan fingerprint density at radius 1 is 1.12 bits per heavy atom. The second-order valence-electron chi connectivity index (χ2n) is 5.68. The van der Waals surface area contributed by atoms with Crippen LogP contribution in [0.15, 0.2) is 0 Å². The molecule has 3 heteroatoms. The van der Waals surface area contributed by atoms with Gasteiger partial charge in [0.25, 0.3) is 0 Å². The van der Waals surface area contributed by atoms with Gasteiger partial charge >= 0.3 is 0 Å². The third-order valence-electron chi connectivity index (χ3n) is 4.40. The molecule has 1 saturated carbocycles. The summed E-state index contributed by atoms with van der Waals surface area (Å²) in [4.78, 5) is 0. The summed E-state index contributed by atoms with van der Waals surface area (Å²) in [6.45, 7) is 3.68. The van der Waals surface area contributed by atoms with Gasteiger partial charge in [-0.05, 0) is 50.4 Å². The van der Waals surface area contributed by atoms with Crippen LogP contribution in [0.5, 0.6) is 0 Å². The maximum atomic E-state index is 10.5. The van der Waals surface area contributed by atoms with E-state index < -0.39 is 11.7 Å². The van der Waals surface area contributed by atoms with E-state index in [9.17, 15) is 10.2 Å². The number of hydrogen-bond acceptors (Lipinski definition) is 3. The van der Waals surface area contributed by atoms with Gasteiger partial charge in [-0.1, -0.05) is 6.92 Å². The van der Waals surface area contributed by atoms with E-state index in [1.54, 1.807) is 0 Å². The molecule has 16 heavy (non-hydrogen) atoms. The topological polar surface area (TPSA) is 49.7 Å². The molecule has 1 unspecified atom stereocenters. The highest BCUT2D eigenvalue weighted by Gasteiger charge is 2.42. The van der Waals surface area contributed by atoms with Gasteiger partial charge < -0.3 is 14.9 Å². The number of aliphatic hydroxyl groups excluding tert-OH is 1. The molecule has 1 aliphatic heterocycles. The first-order valence-electron chi connectivity index (χ1n) is 6.60. The van der Waals surface area contributed by atoms with Gasteiger partial charge in [-0.25, -0.2) is 0 Å². The predicted octanol–water partition coefficient (Wildman–Crippen LogP) is 1.72. The zero-order valence-electron chi connectivity index (χ0n) is 10.2. The minimum atomic E-state index is -0.825. The van der Waals surface area contributed by atoms with Crippen LogP contribution in [0.4, 0.5) is 0 Å². The molecule has 0 aromatic heterocycles. The lowest BCUT2D eigenvalue weighted by Crippen LogP contribution is -2.49. The van der Waals surface area contributed by atoms with Crippen molar-refractivity contribution in [2.45, 2.75) is 57.2 Å². The first kappa shape index (κ1) is 12.3. The zero-order valence-corrected chi connectivity index (χ0v) is 10.2. The van der Waals surface area contributed by atoms with Gasteiger partial charge in [0.15, 0.2) is 0 Å². The molecule has 94 valence electrons. The summed E-state index contributed by atoms with van der Waals surface area (Å²) < 4.78 is 5.29. The molecule has 0 radical (unpaired) electrons. The molecule has 0 aromatic rings. The smallest absolute Gasteiger partial charge is 0.0908 e. The summed E-state index contributed by atoms with van der Waals surface area (Å²) in [5.41, 5.74) is -0.825. The third-order valence-corrected chi connectivity index (χ3v) is 4.40. The highest BCUT2D eigenvalue weighted by molar-refractivity contribution is 4.94. The van der Waals surface area contributed by atoms with Crippen LogP contribution >= 0.6 is 0 Å². The molecule has 1 aliphatic carbocycles. The van der Waals surface area contributed by atoms with Crippen LogP contribution in [-0.4, -0.2) is 35.1 Å². The van der Waals surface area contributed by atoms with Crippen molar-refractivity contribution in [3.05, 3.63) is 0 Å². The van der Waals surface area contributed by atoms with Crippen molar-refractivity contribution in [2.24, 2.45) is 11.8 Å². The Labute approximate surface area is 97.8 Å². The van der Waals surface area contributed by atoms with Crippen molar-refractivity contribution in [1.29, 1.82) is 0 Å². The number of aliphatic hydroxyl groups is 2. The first-order chi connectivity index (χ1) is 7.62. The van der Waals surface area contributed by atoms with Crippen molar-refractivity contribution < 1.29 is 14.9 Å². The molecular formula is C13H24O3. The monoisotopic (exact) mass is 228 g/mol. The Hall–Kier alpha value is -0.120. The molecule has 2 fully saturated rings. The van der Waals surface area contributed by atoms with E-state index in [2.05, 4.69) is 6.92 Å². The summed E-state index contributed by atoms with van der Waals surface area (Å²) in [5, 5.41) is 20.9. The highest BCUT2D eigenvalue weighted by Crippen LogP contribution is 2.38. The summed E-state index contributed by atoms with van der Waals surface area (Å²) in [6, 6.07) is 0. The van der Waals surface area contributed by atoms with E-state index in [0.717, 1.165) is 51.7 Å². The molecule has 2 rings (SSSR count). The average molecular weight is 228 g/mol. The van der Waals surface area contributed by atoms with E-state index in [-0.39, 0.29) is 5.92 Å². The zero-order chi connectivity index (χ0) is 11.6. The van der Waals surface area contributed by atoms with Crippen molar-refractivity contribution >= 4 is 0 Å². The van der Waals surface area contributed by atoms with Crippen LogP contribution in [0, 0.1) is 11.8 Å². The largest absolute Gasteiger partial charge is 0.390 e. The van der Waals surface area contributed by atoms with Crippen LogP contribution in [0.25, 0.3) is 0 Å². The summed E-state index contributed by atoms with van der Waals surface area (Å²) >= 11 is 0. The number of ether oxygens (including phenoxy) is 1. The molecule has 1 saturated heterocycles. The van der Waals surface area contributed by atoms with Gasteiger partial charge in [0.1, 0.15) is 0 Å². The predicted molar refractivity (Wildman–Crippen MR) is 62.1 cm³/mol. The van der Waals surface area contributed by atoms with Gasteiger partial charge in [-0.3, -0.25) is 0 Å². The molecular weight excluding hydrogens is 204 g/mol. The molecule has 2 aliphatic rings. The quantitative estimate of drug-likeness (QED) is 0.756. The fraction of sp³-hybridized carbons (Fsp3) is 1.00. The Morgan fingerprint density at radius 3 is 2.25 bits per heavy atom. The molecule has 1 heterocycles. The van der Waals surface area contributed by atoms with Crippen LogP contribution in [0.2, 0.25) is 0 Å². The van der Waals surface area contributed by atoms with E-state index in [0.29, 0.717) is 5.92 Å². The van der Waals surface area contributed by atoms with Crippen molar-refractivity contribution in [3.8, 4) is 0 Å². The van der Waals surface area contributed by atoms with E-state index >= 15 is 0 Å². The van der Waals surface area contributed by atoms with Gasteiger partial charge in [-0.15, -0.1) is 0 Å². The molecule has 0 amide bonds. The van der Waals surface area contributed by atoms with Crippen LogP contribution in [0.3, 0.4) is 0 Å². The van der Waals surface area contributed by atoms with Gasteiger partial charge in [0, 0.05) is 13.2 Å². The molecule has 2 N–H and O–H groups in total. The fourth-order valence-corrected chi connectivity index (χ4v) is 3.03. The van der Waals surface area contributed by atoms with Crippen LogP contribution in [-0.2, 0) is 4.74 Å². The van der Waals surface area contributed by atoms with E-state index in [1.807, 2.05) is 0 Å². The number of hydrogen-bond donors (Lipinski definition) is 2. The molecule has 3 nitrogen and oxygen atoms in total. The Bertz CT molecular complexity index is 215. The molecule has 0 aromatic carbocycles. The van der Waals surface area contributed by atoms with E-state index in [1.165, 1.54) is 0 Å². The Morgan fingerprint density at radius 2 is 1.69 bits per heavy atom. The van der Waals surface area contributed by atoms with Crippen molar-refractivity contribution in [3.63, 3.8) is 0 Å². The summed E-state index contributed by atoms with van der Waals surface area (Å²) in [5.74, 6) is 0.925. The van der Waals surface area contributed by atoms with Gasteiger partial charge in [0.05, 0.1) is 11.7 Å². The average Bonchev–Trinajstić information content (AvgIpc) is 2.33. The first-order valence-corrected chi connectivity index (χ1v) is 6.60. The highest BCUT2D eigenvalue weighted by atomic mass is 16.5. The fourth-order valence-electron chi connectivity index (χ4n) is 3.03. The molecule has 0 bridgehead atoms. The molecule has 1 atom stereocenters. The minimum Gasteiger partial charge on any atom is -0.390 e. The second-order valence-corrected chi connectivity index (χ2v) is 5.68. The van der Waals surface area contributed by atoms with Crippen molar-refractivity contribution in [2.75, 3.05) is 13.2 Å². The Balaban J connectivity index is 1.93. The Kier molecular flexibility index (Phi) is 3.88. The van der Waals surface area contributed by atoms with Crippen molar-refractivity contribution in [1.82, 2.24) is 0 Å². The summed E-state index contributed by atoms with van der Waals surface area (Å²) in [7, 11) is 0. The lowest BCUT2D eigenvalue weighted by molar-refractivity contribution is -0.138. The van der Waals surface area contributed by atoms with Crippen LogP contribution in [0.1, 0.15) is 45.4 Å².